The average molecular weight is 511 g/mol. The Kier molecular flexibility index (Phi) is 13.9. The first kappa shape index (κ1) is 32.2. The molecular weight excluding hydrogens is 475 g/mol. The molecule has 0 aliphatic rings. The number of halogens is 1. The molecule has 11 heteroatoms. The Morgan fingerprint density at radius 2 is 1.32 bits per heavy atom. The van der Waals surface area contributed by atoms with E-state index >= 15 is 0 Å². The lowest BCUT2D eigenvalue weighted by molar-refractivity contribution is 0.100. The molecule has 0 atom stereocenters. The Bertz CT molecular complexity index is 1400. The number of benzene rings is 2. The van der Waals surface area contributed by atoms with Crippen molar-refractivity contribution in [2.24, 2.45) is 5.73 Å². The van der Waals surface area contributed by atoms with E-state index in [-0.39, 0.29) is 29.1 Å². The van der Waals surface area contributed by atoms with Gasteiger partial charge in [0.15, 0.2) is 5.65 Å². The van der Waals surface area contributed by atoms with Crippen LogP contribution in [0, 0.1) is 0 Å². The largest absolute Gasteiger partial charge is 0.383 e. The van der Waals surface area contributed by atoms with Crippen LogP contribution in [0.5, 0.6) is 0 Å². The molecule has 0 radical (unpaired) electrons. The molecule has 198 valence electrons. The van der Waals surface area contributed by atoms with Crippen LogP contribution < -0.4 is 17.0 Å². The summed E-state index contributed by atoms with van der Waals surface area (Å²) in [7, 11) is 0. The van der Waals surface area contributed by atoms with E-state index in [1.807, 2.05) is 88.4 Å². The van der Waals surface area contributed by atoms with Crippen LogP contribution in [0.2, 0.25) is 0 Å². The van der Waals surface area contributed by atoms with Crippen molar-refractivity contribution in [1.82, 2.24) is 29.5 Å². The fourth-order valence-electron chi connectivity index (χ4n) is 2.94. The van der Waals surface area contributed by atoms with Gasteiger partial charge in [-0.2, -0.15) is 10.2 Å². The number of nitrogens with zero attached hydrogens (tertiary/aromatic N) is 5. The van der Waals surface area contributed by atoms with Crippen molar-refractivity contribution in [3.05, 3.63) is 95.3 Å². The third-order valence-electron chi connectivity index (χ3n) is 4.44. The number of nitrogens with one attached hydrogen (secondary N) is 1. The number of hydrogen-bond acceptors (Lipinski definition) is 6. The van der Waals surface area contributed by atoms with Crippen molar-refractivity contribution in [1.29, 1.82) is 0 Å². The summed E-state index contributed by atoms with van der Waals surface area (Å²) in [6, 6.07) is 18.9. The summed E-state index contributed by atoms with van der Waals surface area (Å²) in [6.07, 6.45) is 4.27. The van der Waals surface area contributed by atoms with Crippen LogP contribution in [0.25, 0.3) is 22.4 Å². The molecule has 0 aliphatic carbocycles. The van der Waals surface area contributed by atoms with E-state index in [4.69, 9.17) is 11.5 Å². The second-order valence-electron chi connectivity index (χ2n) is 6.42. The van der Waals surface area contributed by atoms with E-state index in [0.717, 1.165) is 11.4 Å². The molecule has 10 nitrogen and oxygen atoms in total. The maximum absolute atomic E-state index is 11.5. The number of aromatic nitrogens is 6. The van der Waals surface area contributed by atoms with Crippen LogP contribution in [0.3, 0.4) is 0 Å². The number of amides is 1. The van der Waals surface area contributed by atoms with Crippen molar-refractivity contribution in [3.8, 4) is 11.4 Å². The van der Waals surface area contributed by atoms with Crippen molar-refractivity contribution < 1.29 is 9.50 Å². The lowest BCUT2D eigenvalue weighted by atomic mass is 10.3. The van der Waals surface area contributed by atoms with Crippen LogP contribution in [0.1, 0.15) is 45.5 Å². The van der Waals surface area contributed by atoms with Crippen molar-refractivity contribution in [3.63, 3.8) is 0 Å². The van der Waals surface area contributed by atoms with Gasteiger partial charge >= 0.3 is 0 Å². The first-order valence-electron chi connectivity index (χ1n) is 11.2. The van der Waals surface area contributed by atoms with Crippen molar-refractivity contribution in [2.45, 2.75) is 35.1 Å². The van der Waals surface area contributed by atoms with Gasteiger partial charge in [-0.1, -0.05) is 71.5 Å². The van der Waals surface area contributed by atoms with Crippen LogP contribution in [-0.2, 0) is 0 Å². The molecule has 1 amide bonds. The molecule has 2 aromatic carbocycles. The Morgan fingerprint density at radius 3 is 1.81 bits per heavy atom. The summed E-state index contributed by atoms with van der Waals surface area (Å²) >= 11 is 0. The summed E-state index contributed by atoms with van der Waals surface area (Å²) in [4.78, 5) is 29.1. The standard InChI is InChI=1S/C11H8N4O.C10H10N4O.2C2H6.CH4.FH/c16-11-9-6-14-15(10(9)12-7-13-11)8-4-2-1-3-5-8;11-9-8(10(12)15)6-13-14(9)7-4-2-1-3-5-7;2*1-2;;/h1-7H,(H,12,13,16);1-6H,11H2,(H2,12,15);2*1-2H3;1H4;1H. The first-order chi connectivity index (χ1) is 17.1. The minimum atomic E-state index is -0.574. The van der Waals surface area contributed by atoms with E-state index in [0.29, 0.717) is 11.0 Å². The van der Waals surface area contributed by atoms with E-state index < -0.39 is 5.91 Å². The van der Waals surface area contributed by atoms with Gasteiger partial charge in [-0.3, -0.25) is 14.3 Å². The van der Waals surface area contributed by atoms with Gasteiger partial charge in [0.2, 0.25) is 0 Å². The second kappa shape index (κ2) is 16.0. The molecule has 5 N–H and O–H groups in total. The number of H-pyrrole nitrogens is 1. The third kappa shape index (κ3) is 7.59. The highest BCUT2D eigenvalue weighted by Crippen LogP contribution is 2.16. The molecule has 0 saturated heterocycles. The summed E-state index contributed by atoms with van der Waals surface area (Å²) in [5.74, 6) is -0.316. The lowest BCUT2D eigenvalue weighted by Crippen LogP contribution is -2.13. The van der Waals surface area contributed by atoms with Crippen molar-refractivity contribution >= 4 is 22.8 Å². The van der Waals surface area contributed by atoms with Gasteiger partial charge < -0.3 is 16.5 Å². The molecule has 3 aromatic heterocycles. The number of anilines is 1. The maximum Gasteiger partial charge on any atom is 0.261 e. The zero-order chi connectivity index (χ0) is 25.8. The number of carbonyl (C=O) groups is 1. The molecule has 0 saturated carbocycles. The molecule has 0 fully saturated rings. The normalized spacial score (nSPS) is 9.08. The first-order valence-corrected chi connectivity index (χ1v) is 11.2. The summed E-state index contributed by atoms with van der Waals surface area (Å²) in [6.45, 7) is 8.00. The number of carbonyl (C=O) groups excluding carboxylic acids is 1. The maximum atomic E-state index is 11.5. The highest BCUT2D eigenvalue weighted by molar-refractivity contribution is 5.97. The SMILES string of the molecule is C.CC.CC.F.NC(=O)c1cnn(-c2ccccc2)c1N.O=c1[nH]cnc2c1cnn2-c1ccccc1. The Labute approximate surface area is 215 Å². The Hall–Kier alpha value is -4.80. The summed E-state index contributed by atoms with van der Waals surface area (Å²) in [5.41, 5.74) is 13.2. The van der Waals surface area contributed by atoms with Gasteiger partial charge in [0.1, 0.15) is 16.8 Å². The van der Waals surface area contributed by atoms with Gasteiger partial charge in [0, 0.05) is 0 Å². The minimum Gasteiger partial charge on any atom is -0.383 e. The van der Waals surface area contributed by atoms with Gasteiger partial charge in [-0.15, -0.1) is 0 Å². The smallest absolute Gasteiger partial charge is 0.261 e. The Balaban J connectivity index is 0.000000591. The van der Waals surface area contributed by atoms with Crippen LogP contribution in [0.15, 0.2) is 84.2 Å². The van der Waals surface area contributed by atoms with E-state index in [2.05, 4.69) is 20.2 Å². The molecule has 3 heterocycles. The molecule has 0 unspecified atom stereocenters. The molecule has 0 bridgehead atoms. The zero-order valence-electron chi connectivity index (χ0n) is 20.6. The lowest BCUT2D eigenvalue weighted by Gasteiger charge is -2.03. The highest BCUT2D eigenvalue weighted by Gasteiger charge is 2.12. The van der Waals surface area contributed by atoms with E-state index in [1.54, 1.807) is 4.68 Å². The number of fused-ring (bicyclic) bond motifs is 1. The van der Waals surface area contributed by atoms with Gasteiger partial charge in [-0.25, -0.2) is 14.3 Å². The molecule has 37 heavy (non-hydrogen) atoms. The number of nitrogen functional groups attached to an aromatic ring is 1. The number of hydrogen-bond donors (Lipinski definition) is 3. The monoisotopic (exact) mass is 510 g/mol. The minimum absolute atomic E-state index is 0. The number of primary amides is 1. The highest BCUT2D eigenvalue weighted by atomic mass is 19.0. The van der Waals surface area contributed by atoms with Crippen LogP contribution in [0.4, 0.5) is 10.5 Å². The fourth-order valence-corrected chi connectivity index (χ4v) is 2.94. The van der Waals surface area contributed by atoms with Gasteiger partial charge in [-0.05, 0) is 24.3 Å². The van der Waals surface area contributed by atoms with Crippen LogP contribution in [-0.4, -0.2) is 35.4 Å². The van der Waals surface area contributed by atoms with Crippen LogP contribution >= 0.6 is 0 Å². The second-order valence-corrected chi connectivity index (χ2v) is 6.42. The number of rotatable bonds is 3. The topological polar surface area (TPSA) is 150 Å². The molecule has 5 rings (SSSR count). The summed E-state index contributed by atoms with van der Waals surface area (Å²) in [5, 5.41) is 8.65. The number of aromatic amines is 1. The van der Waals surface area contributed by atoms with Crippen molar-refractivity contribution in [2.75, 3.05) is 5.73 Å². The van der Waals surface area contributed by atoms with Gasteiger partial charge in [0.05, 0.1) is 30.1 Å². The van der Waals surface area contributed by atoms with E-state index in [1.165, 1.54) is 23.4 Å². The van der Waals surface area contributed by atoms with Gasteiger partial charge in [0.25, 0.3) is 11.5 Å². The molecule has 0 spiro atoms. The number of para-hydroxylation sites is 2. The fraction of sp³-hybridized carbons (Fsp3) is 0.192. The zero-order valence-corrected chi connectivity index (χ0v) is 20.6. The molecular formula is C26H35FN8O2. The van der Waals surface area contributed by atoms with E-state index in [9.17, 15) is 9.59 Å². The third-order valence-corrected chi connectivity index (χ3v) is 4.44. The Morgan fingerprint density at radius 1 is 0.838 bits per heavy atom. The predicted octanol–water partition coefficient (Wildman–Crippen LogP) is 4.50. The molecule has 0 aliphatic heterocycles. The average Bonchev–Trinajstić information content (AvgIpc) is 3.53. The number of nitrogens with two attached hydrogens (primary N) is 2. The summed E-state index contributed by atoms with van der Waals surface area (Å²) < 4.78 is 3.12. The predicted molar refractivity (Wildman–Crippen MR) is 148 cm³/mol. The quantitative estimate of drug-likeness (QED) is 0.325. The molecule has 5 aromatic rings.